The smallest absolute Gasteiger partial charge is 0.255 e. The number of nitrogens with two attached hydrogens (primary N) is 1. The second-order valence-corrected chi connectivity index (χ2v) is 8.49. The lowest BCUT2D eigenvalue weighted by Gasteiger charge is -2.34. The van der Waals surface area contributed by atoms with Crippen LogP contribution in [0.25, 0.3) is 0 Å². The highest BCUT2D eigenvalue weighted by atomic mass is 16.5. The Morgan fingerprint density at radius 2 is 1.91 bits per heavy atom. The summed E-state index contributed by atoms with van der Waals surface area (Å²) < 4.78 is 10.1. The molecule has 9 nitrogen and oxygen atoms in total. The van der Waals surface area contributed by atoms with Gasteiger partial charge in [-0.3, -0.25) is 19.2 Å². The highest BCUT2D eigenvalue weighted by Gasteiger charge is 2.45. The van der Waals surface area contributed by atoms with Crippen molar-refractivity contribution in [3.63, 3.8) is 0 Å². The zero-order valence-corrected chi connectivity index (χ0v) is 18.2. The molecular formula is C23H27N3O6. The number of nitrogens with zero attached hydrogens (tertiary/aromatic N) is 1. The van der Waals surface area contributed by atoms with E-state index in [4.69, 9.17) is 14.9 Å². The van der Waals surface area contributed by atoms with Crippen LogP contribution in [0.1, 0.15) is 36.2 Å². The van der Waals surface area contributed by atoms with Crippen LogP contribution in [0, 0.1) is 0 Å². The maximum Gasteiger partial charge on any atom is 0.255 e. The number of amides is 3. The van der Waals surface area contributed by atoms with Gasteiger partial charge in [-0.1, -0.05) is 44.2 Å². The highest BCUT2D eigenvalue weighted by Crippen LogP contribution is 2.29. The van der Waals surface area contributed by atoms with Gasteiger partial charge in [0.15, 0.2) is 11.9 Å². The molecule has 0 radical (unpaired) electrons. The lowest BCUT2D eigenvalue weighted by atomic mass is 9.78. The number of Topliss-reactive ketones (excluding diaryl/α,β-unsaturated/α-hetero) is 1. The molecule has 32 heavy (non-hydrogen) atoms. The molecule has 1 aromatic carbocycles. The summed E-state index contributed by atoms with van der Waals surface area (Å²) in [5.41, 5.74) is 6.10. The zero-order chi connectivity index (χ0) is 23.5. The Morgan fingerprint density at radius 1 is 1.22 bits per heavy atom. The molecule has 0 saturated carbocycles. The lowest BCUT2D eigenvalue weighted by molar-refractivity contribution is -0.141. The maximum absolute atomic E-state index is 13.5. The van der Waals surface area contributed by atoms with Gasteiger partial charge in [-0.15, -0.1) is 0 Å². The molecule has 3 amide bonds. The maximum atomic E-state index is 13.5. The first-order chi connectivity index (χ1) is 15.1. The van der Waals surface area contributed by atoms with Crippen LogP contribution >= 0.6 is 0 Å². The summed E-state index contributed by atoms with van der Waals surface area (Å²) in [6, 6.07) is 8.94. The molecule has 2 heterocycles. The molecule has 2 unspecified atom stereocenters. The number of furan rings is 1. The number of likely N-dealkylation sites (N-methyl/N-ethyl adjacent to an activating group) is 1. The molecule has 1 aliphatic rings. The van der Waals surface area contributed by atoms with Crippen LogP contribution in [-0.4, -0.2) is 60.2 Å². The quantitative estimate of drug-likeness (QED) is 0.629. The van der Waals surface area contributed by atoms with Crippen molar-refractivity contribution in [2.45, 2.75) is 43.9 Å². The Labute approximate surface area is 185 Å². The Balaban J connectivity index is 1.88. The molecule has 1 saturated heterocycles. The van der Waals surface area contributed by atoms with Gasteiger partial charge in [-0.05, 0) is 23.5 Å². The first-order valence-electron chi connectivity index (χ1n) is 10.2. The fourth-order valence-electron chi connectivity index (χ4n) is 3.91. The highest BCUT2D eigenvalue weighted by molar-refractivity contribution is 6.00. The van der Waals surface area contributed by atoms with Gasteiger partial charge >= 0.3 is 0 Å². The van der Waals surface area contributed by atoms with Crippen LogP contribution in [0.5, 0.6) is 0 Å². The average molecular weight is 441 g/mol. The molecule has 1 fully saturated rings. The van der Waals surface area contributed by atoms with Crippen molar-refractivity contribution in [3.05, 3.63) is 60.1 Å². The normalized spacial score (nSPS) is 19.4. The molecule has 170 valence electrons. The third kappa shape index (κ3) is 4.88. The zero-order valence-electron chi connectivity index (χ0n) is 18.2. The largest absolute Gasteiger partial charge is 0.472 e. The van der Waals surface area contributed by atoms with E-state index in [1.807, 2.05) is 44.2 Å². The average Bonchev–Trinajstić information content (AvgIpc) is 3.42. The number of benzene rings is 1. The molecule has 9 heteroatoms. The van der Waals surface area contributed by atoms with Crippen LogP contribution in [-0.2, 0) is 24.5 Å². The summed E-state index contributed by atoms with van der Waals surface area (Å²) in [7, 11) is 1.40. The Bertz CT molecular complexity index is 986. The van der Waals surface area contributed by atoms with Crippen molar-refractivity contribution in [2.24, 2.45) is 5.73 Å². The van der Waals surface area contributed by atoms with Gasteiger partial charge in [0.25, 0.3) is 5.91 Å². The Morgan fingerprint density at radius 3 is 2.50 bits per heavy atom. The van der Waals surface area contributed by atoms with Crippen molar-refractivity contribution in [1.29, 1.82) is 0 Å². The first-order valence-corrected chi connectivity index (χ1v) is 10.2. The number of carbonyl (C=O) groups is 4. The van der Waals surface area contributed by atoms with E-state index >= 15 is 0 Å². The second-order valence-electron chi connectivity index (χ2n) is 8.49. The van der Waals surface area contributed by atoms with E-state index < -0.39 is 47.1 Å². The van der Waals surface area contributed by atoms with Gasteiger partial charge in [0.2, 0.25) is 11.8 Å². The minimum Gasteiger partial charge on any atom is -0.472 e. The summed E-state index contributed by atoms with van der Waals surface area (Å²) in [5, 5.41) is 2.75. The van der Waals surface area contributed by atoms with Crippen molar-refractivity contribution >= 4 is 23.5 Å². The van der Waals surface area contributed by atoms with E-state index in [0.29, 0.717) is 0 Å². The fraction of sp³-hybridized carbons (Fsp3) is 0.391. The van der Waals surface area contributed by atoms with Crippen LogP contribution in [0.15, 0.2) is 53.3 Å². The first kappa shape index (κ1) is 23.2. The number of hydrogen-bond acceptors (Lipinski definition) is 6. The number of carbonyl (C=O) groups excluding carboxylic acids is 4. The van der Waals surface area contributed by atoms with Gasteiger partial charge in [0, 0.05) is 7.05 Å². The number of primary amides is 1. The predicted octanol–water partition coefficient (Wildman–Crippen LogP) is 1.03. The van der Waals surface area contributed by atoms with Crippen molar-refractivity contribution < 1.29 is 28.3 Å². The number of ether oxygens (including phenoxy) is 1. The molecule has 0 spiro atoms. The lowest BCUT2D eigenvalue weighted by Crippen LogP contribution is -2.57. The predicted molar refractivity (Wildman–Crippen MR) is 115 cm³/mol. The summed E-state index contributed by atoms with van der Waals surface area (Å²) in [6.45, 7) is 3.61. The van der Waals surface area contributed by atoms with E-state index in [2.05, 4.69) is 5.32 Å². The number of nitrogens with one attached hydrogen (secondary N) is 1. The van der Waals surface area contributed by atoms with Gasteiger partial charge in [-0.25, -0.2) is 0 Å². The van der Waals surface area contributed by atoms with E-state index in [0.717, 1.165) is 10.5 Å². The van der Waals surface area contributed by atoms with Gasteiger partial charge in [-0.2, -0.15) is 0 Å². The van der Waals surface area contributed by atoms with Crippen LogP contribution < -0.4 is 11.1 Å². The SMILES string of the molecule is CN(C(=O)[C@H](CC(C)(C)c1ccccc1)NC(=O)c1ccoc1)C1C(=O)COC1C(N)=O. The molecule has 0 aliphatic carbocycles. The molecule has 2 aromatic rings. The standard InChI is InChI=1S/C23H27N3O6/c1-23(2,15-7-5-4-6-8-15)11-16(25-21(29)14-9-10-31-12-14)22(30)26(3)18-17(27)13-32-19(18)20(24)28/h4-10,12,16,18-19H,11,13H2,1-3H3,(H2,24,28)(H,25,29)/t16-,18?,19?/m0/s1. The number of ketones is 1. The molecule has 1 aliphatic heterocycles. The van der Waals surface area contributed by atoms with Gasteiger partial charge in [0.1, 0.15) is 25.0 Å². The molecule has 3 rings (SSSR count). The Hall–Kier alpha value is -3.46. The van der Waals surface area contributed by atoms with Gasteiger partial charge < -0.3 is 25.1 Å². The second kappa shape index (κ2) is 9.35. The minimum atomic E-state index is -1.23. The summed E-state index contributed by atoms with van der Waals surface area (Å²) in [6.07, 6.45) is 1.65. The Kier molecular flexibility index (Phi) is 6.78. The molecule has 3 atom stereocenters. The monoisotopic (exact) mass is 441 g/mol. The van der Waals surface area contributed by atoms with Crippen molar-refractivity contribution in [2.75, 3.05) is 13.7 Å². The van der Waals surface area contributed by atoms with E-state index in [1.165, 1.54) is 25.6 Å². The molecule has 0 bridgehead atoms. The number of rotatable bonds is 8. The van der Waals surface area contributed by atoms with E-state index in [-0.39, 0.29) is 18.6 Å². The third-order valence-corrected chi connectivity index (χ3v) is 5.72. The van der Waals surface area contributed by atoms with E-state index in [9.17, 15) is 19.2 Å². The summed E-state index contributed by atoms with van der Waals surface area (Å²) in [4.78, 5) is 51.4. The molecular weight excluding hydrogens is 414 g/mol. The van der Waals surface area contributed by atoms with Gasteiger partial charge in [0.05, 0.1) is 11.8 Å². The molecule has 3 N–H and O–H groups in total. The summed E-state index contributed by atoms with van der Waals surface area (Å²) >= 11 is 0. The molecule has 1 aromatic heterocycles. The van der Waals surface area contributed by atoms with Crippen LogP contribution in [0.2, 0.25) is 0 Å². The number of hydrogen-bond donors (Lipinski definition) is 2. The topological polar surface area (TPSA) is 132 Å². The van der Waals surface area contributed by atoms with Crippen molar-refractivity contribution in [1.82, 2.24) is 10.2 Å². The third-order valence-electron chi connectivity index (χ3n) is 5.72. The van der Waals surface area contributed by atoms with Crippen molar-refractivity contribution in [3.8, 4) is 0 Å². The fourth-order valence-corrected chi connectivity index (χ4v) is 3.91. The summed E-state index contributed by atoms with van der Waals surface area (Å²) in [5.74, 6) is -2.27. The minimum absolute atomic E-state index is 0.243. The van der Waals surface area contributed by atoms with Crippen LogP contribution in [0.4, 0.5) is 0 Å². The van der Waals surface area contributed by atoms with Crippen LogP contribution in [0.3, 0.4) is 0 Å². The van der Waals surface area contributed by atoms with E-state index in [1.54, 1.807) is 0 Å².